The zero-order valence-electron chi connectivity index (χ0n) is 11.6. The van der Waals surface area contributed by atoms with Gasteiger partial charge in [0.1, 0.15) is 6.04 Å². The van der Waals surface area contributed by atoms with Crippen LogP contribution in [-0.4, -0.2) is 30.2 Å². The molecule has 2 N–H and O–H groups in total. The van der Waals surface area contributed by atoms with Gasteiger partial charge in [-0.05, 0) is 24.6 Å². The highest BCUT2D eigenvalue weighted by Crippen LogP contribution is 2.22. The highest BCUT2D eigenvalue weighted by Gasteiger charge is 2.19. The lowest BCUT2D eigenvalue weighted by atomic mass is 10.3. The second-order valence-electron chi connectivity index (χ2n) is 4.31. The van der Waals surface area contributed by atoms with Crippen LogP contribution < -0.4 is 10.6 Å². The number of nitrogens with one attached hydrogen (secondary N) is 2. The van der Waals surface area contributed by atoms with Gasteiger partial charge in [0.2, 0.25) is 11.8 Å². The molecular weight excluding hydrogens is 340 g/mol. The summed E-state index contributed by atoms with van der Waals surface area (Å²) in [6.45, 7) is 4.03. The van der Waals surface area contributed by atoms with Crippen molar-refractivity contribution in [2.75, 3.05) is 12.3 Å². The van der Waals surface area contributed by atoms with E-state index in [9.17, 15) is 9.59 Å². The Labute approximate surface area is 132 Å². The molecule has 0 aliphatic rings. The van der Waals surface area contributed by atoms with E-state index in [2.05, 4.69) is 26.6 Å². The van der Waals surface area contributed by atoms with Crippen LogP contribution in [0.3, 0.4) is 0 Å². The molecule has 0 spiro atoms. The van der Waals surface area contributed by atoms with Gasteiger partial charge >= 0.3 is 0 Å². The number of hydrogen-bond acceptors (Lipinski definition) is 3. The van der Waals surface area contributed by atoms with Gasteiger partial charge in [-0.1, -0.05) is 28.9 Å². The lowest BCUT2D eigenvalue weighted by Crippen LogP contribution is -2.47. The van der Waals surface area contributed by atoms with Gasteiger partial charge < -0.3 is 10.6 Å². The van der Waals surface area contributed by atoms with Gasteiger partial charge in [0.05, 0.1) is 0 Å². The maximum atomic E-state index is 12.0. The second kappa shape index (κ2) is 9.02. The minimum absolute atomic E-state index is 0.135. The van der Waals surface area contributed by atoms with Crippen molar-refractivity contribution in [1.29, 1.82) is 0 Å². The van der Waals surface area contributed by atoms with E-state index in [1.54, 1.807) is 11.8 Å². The Hall–Kier alpha value is -1.01. The minimum atomic E-state index is -0.511. The van der Waals surface area contributed by atoms with E-state index in [4.69, 9.17) is 0 Å². The molecular formula is C14H19BrN2O2S. The van der Waals surface area contributed by atoms with Crippen LogP contribution in [0.2, 0.25) is 0 Å². The summed E-state index contributed by atoms with van der Waals surface area (Å²) in [7, 11) is 0. The Morgan fingerprint density at radius 3 is 2.75 bits per heavy atom. The highest BCUT2D eigenvalue weighted by atomic mass is 79.9. The third-order valence-electron chi connectivity index (χ3n) is 2.46. The molecule has 0 aliphatic carbocycles. The molecule has 0 aromatic heterocycles. The summed E-state index contributed by atoms with van der Waals surface area (Å²) in [4.78, 5) is 24.2. The zero-order chi connectivity index (χ0) is 15.0. The van der Waals surface area contributed by atoms with Crippen molar-refractivity contribution in [2.45, 2.75) is 31.2 Å². The van der Waals surface area contributed by atoms with E-state index >= 15 is 0 Å². The predicted molar refractivity (Wildman–Crippen MR) is 85.8 cm³/mol. The molecule has 110 valence electrons. The molecule has 0 fully saturated rings. The van der Waals surface area contributed by atoms with Crippen LogP contribution in [0.4, 0.5) is 0 Å². The Morgan fingerprint density at radius 2 is 2.15 bits per heavy atom. The fourth-order valence-corrected chi connectivity index (χ4v) is 3.07. The molecule has 1 aromatic rings. The van der Waals surface area contributed by atoms with Crippen molar-refractivity contribution >= 4 is 39.5 Å². The normalized spacial score (nSPS) is 11.8. The van der Waals surface area contributed by atoms with Gasteiger partial charge in [-0.25, -0.2) is 0 Å². The quantitative estimate of drug-likeness (QED) is 0.736. The van der Waals surface area contributed by atoms with Crippen molar-refractivity contribution < 1.29 is 9.59 Å². The van der Waals surface area contributed by atoms with Gasteiger partial charge in [-0.2, -0.15) is 0 Å². The number of benzene rings is 1. The number of halogens is 1. The standard InChI is InChI=1S/C14H19BrN2O2S/c1-3-7-16-14(19)13(17-10(2)18)9-20-12-6-4-5-11(15)8-12/h4-6,8,13H,3,7,9H2,1-2H3,(H,16,19)(H,17,18). The summed E-state index contributed by atoms with van der Waals surface area (Å²) >= 11 is 4.95. The average Bonchev–Trinajstić information content (AvgIpc) is 2.40. The number of amides is 2. The van der Waals surface area contributed by atoms with Gasteiger partial charge in [0.15, 0.2) is 0 Å². The number of hydrogen-bond donors (Lipinski definition) is 2. The van der Waals surface area contributed by atoms with Crippen LogP contribution in [0.25, 0.3) is 0 Å². The first-order chi connectivity index (χ1) is 9.52. The fourth-order valence-electron chi connectivity index (χ4n) is 1.54. The summed E-state index contributed by atoms with van der Waals surface area (Å²) in [5, 5.41) is 5.50. The summed E-state index contributed by atoms with van der Waals surface area (Å²) in [5.41, 5.74) is 0. The largest absolute Gasteiger partial charge is 0.354 e. The first-order valence-corrected chi connectivity index (χ1v) is 8.24. The van der Waals surface area contributed by atoms with Gasteiger partial charge in [-0.15, -0.1) is 11.8 Å². The summed E-state index contributed by atoms with van der Waals surface area (Å²) in [6.07, 6.45) is 0.872. The van der Waals surface area contributed by atoms with Crippen molar-refractivity contribution in [3.05, 3.63) is 28.7 Å². The number of carbonyl (C=O) groups excluding carboxylic acids is 2. The number of rotatable bonds is 7. The molecule has 2 amide bonds. The highest BCUT2D eigenvalue weighted by molar-refractivity contribution is 9.10. The Balaban J connectivity index is 2.60. The Bertz CT molecular complexity index is 468. The molecule has 0 saturated heterocycles. The van der Waals surface area contributed by atoms with Crippen LogP contribution in [0.15, 0.2) is 33.6 Å². The fraction of sp³-hybridized carbons (Fsp3) is 0.429. The Kier molecular flexibility index (Phi) is 7.69. The lowest BCUT2D eigenvalue weighted by molar-refractivity contribution is -0.127. The Morgan fingerprint density at radius 1 is 1.40 bits per heavy atom. The maximum Gasteiger partial charge on any atom is 0.243 e. The maximum absolute atomic E-state index is 12.0. The topological polar surface area (TPSA) is 58.2 Å². The van der Waals surface area contributed by atoms with Crippen molar-refractivity contribution in [3.63, 3.8) is 0 Å². The van der Waals surface area contributed by atoms with Gasteiger partial charge in [0, 0.05) is 28.6 Å². The SMILES string of the molecule is CCCNC(=O)C(CSc1cccc(Br)c1)NC(C)=O. The smallest absolute Gasteiger partial charge is 0.243 e. The van der Waals surface area contributed by atoms with E-state index < -0.39 is 6.04 Å². The first-order valence-electron chi connectivity index (χ1n) is 6.46. The summed E-state index contributed by atoms with van der Waals surface area (Å²) in [5.74, 6) is 0.173. The molecule has 4 nitrogen and oxygen atoms in total. The van der Waals surface area contributed by atoms with Gasteiger partial charge in [-0.3, -0.25) is 9.59 Å². The predicted octanol–water partition coefficient (Wildman–Crippen LogP) is 2.57. The average molecular weight is 359 g/mol. The van der Waals surface area contributed by atoms with E-state index in [0.717, 1.165) is 15.8 Å². The first kappa shape index (κ1) is 17.0. The molecule has 1 rings (SSSR count). The molecule has 0 aliphatic heterocycles. The molecule has 0 saturated carbocycles. The third kappa shape index (κ3) is 6.43. The number of carbonyl (C=O) groups is 2. The third-order valence-corrected chi connectivity index (χ3v) is 4.04. The van der Waals surface area contributed by atoms with E-state index in [1.165, 1.54) is 6.92 Å². The van der Waals surface area contributed by atoms with Crippen LogP contribution in [0, 0.1) is 0 Å². The molecule has 1 aromatic carbocycles. The molecule has 1 atom stereocenters. The van der Waals surface area contributed by atoms with E-state index in [1.807, 2.05) is 31.2 Å². The number of thioether (sulfide) groups is 1. The molecule has 0 radical (unpaired) electrons. The van der Waals surface area contributed by atoms with Crippen LogP contribution in [0.5, 0.6) is 0 Å². The van der Waals surface area contributed by atoms with Crippen LogP contribution in [-0.2, 0) is 9.59 Å². The summed E-state index contributed by atoms with van der Waals surface area (Å²) in [6, 6.07) is 7.34. The summed E-state index contributed by atoms with van der Waals surface area (Å²) < 4.78 is 0.994. The van der Waals surface area contributed by atoms with Crippen molar-refractivity contribution in [2.24, 2.45) is 0 Å². The van der Waals surface area contributed by atoms with E-state index in [-0.39, 0.29) is 11.8 Å². The monoisotopic (exact) mass is 358 g/mol. The zero-order valence-corrected chi connectivity index (χ0v) is 14.0. The molecule has 1 unspecified atom stereocenters. The minimum Gasteiger partial charge on any atom is -0.354 e. The molecule has 6 heteroatoms. The molecule has 0 bridgehead atoms. The molecule has 20 heavy (non-hydrogen) atoms. The lowest BCUT2D eigenvalue weighted by Gasteiger charge is -2.17. The van der Waals surface area contributed by atoms with Crippen LogP contribution in [0.1, 0.15) is 20.3 Å². The van der Waals surface area contributed by atoms with Crippen molar-refractivity contribution in [3.8, 4) is 0 Å². The van der Waals surface area contributed by atoms with Crippen LogP contribution >= 0.6 is 27.7 Å². The second-order valence-corrected chi connectivity index (χ2v) is 6.32. The van der Waals surface area contributed by atoms with Gasteiger partial charge in [0.25, 0.3) is 0 Å². The molecule has 0 heterocycles. The van der Waals surface area contributed by atoms with Crippen molar-refractivity contribution in [1.82, 2.24) is 10.6 Å². The van der Waals surface area contributed by atoms with E-state index in [0.29, 0.717) is 12.3 Å².